The fraction of sp³-hybridized carbons (Fsp3) is 0.750. The third-order valence-corrected chi connectivity index (χ3v) is 5.00. The van der Waals surface area contributed by atoms with E-state index in [4.69, 9.17) is 24.4 Å². The Labute approximate surface area is 106 Å². The van der Waals surface area contributed by atoms with Crippen LogP contribution in [0.25, 0.3) is 0 Å². The molecule has 0 saturated heterocycles. The molecule has 82 valence electrons. The molecule has 0 saturated carbocycles. The fourth-order valence-electron chi connectivity index (χ4n) is 0.516. The molecule has 0 heterocycles. The van der Waals surface area contributed by atoms with E-state index < -0.39 is 0 Å². The first-order valence-electron chi connectivity index (χ1n) is 4.13. The molecule has 0 aromatic heterocycles. The molecule has 0 atom stereocenters. The number of hydrogen-bond acceptors (Lipinski definition) is 4. The van der Waals surface area contributed by atoms with Crippen molar-refractivity contribution in [2.24, 2.45) is 0 Å². The summed E-state index contributed by atoms with van der Waals surface area (Å²) < 4.78 is 1.86. The summed E-state index contributed by atoms with van der Waals surface area (Å²) >= 11 is 13.7. The smallest absolute Gasteiger partial charge is 0.135 e. The van der Waals surface area contributed by atoms with Gasteiger partial charge >= 0.3 is 0 Å². The van der Waals surface area contributed by atoms with Gasteiger partial charge < -0.3 is 9.80 Å². The summed E-state index contributed by atoms with van der Waals surface area (Å²) in [5.41, 5.74) is 0. The Morgan fingerprint density at radius 1 is 0.857 bits per heavy atom. The van der Waals surface area contributed by atoms with Crippen molar-refractivity contribution < 1.29 is 0 Å². The Balaban J connectivity index is 3.48. The number of nitrogens with zero attached hydrogens (tertiary/aromatic N) is 2. The van der Waals surface area contributed by atoms with E-state index in [2.05, 4.69) is 0 Å². The number of thiocarbonyl (C=S) groups is 2. The first-order chi connectivity index (χ1) is 6.45. The molecule has 0 aliphatic rings. The van der Waals surface area contributed by atoms with E-state index in [-0.39, 0.29) is 0 Å². The molecule has 0 spiro atoms. The van der Waals surface area contributed by atoms with Crippen LogP contribution in [0.15, 0.2) is 0 Å². The van der Waals surface area contributed by atoms with Crippen LogP contribution in [0, 0.1) is 0 Å². The van der Waals surface area contributed by atoms with Crippen molar-refractivity contribution in [3.8, 4) is 0 Å². The van der Waals surface area contributed by atoms with Crippen molar-refractivity contribution in [1.29, 1.82) is 0 Å². The van der Waals surface area contributed by atoms with Crippen molar-refractivity contribution in [2.75, 3.05) is 39.7 Å². The van der Waals surface area contributed by atoms with Crippen LogP contribution in [-0.4, -0.2) is 58.1 Å². The van der Waals surface area contributed by atoms with E-state index in [0.717, 1.165) is 20.1 Å². The van der Waals surface area contributed by atoms with E-state index in [1.54, 1.807) is 23.5 Å². The van der Waals surface area contributed by atoms with Gasteiger partial charge in [-0.25, -0.2) is 0 Å². The summed E-state index contributed by atoms with van der Waals surface area (Å²) in [4.78, 5) is 3.91. The Morgan fingerprint density at radius 3 is 1.36 bits per heavy atom. The zero-order chi connectivity index (χ0) is 11.1. The van der Waals surface area contributed by atoms with Crippen molar-refractivity contribution in [1.82, 2.24) is 9.80 Å². The van der Waals surface area contributed by atoms with E-state index in [0.29, 0.717) is 0 Å². The average molecular weight is 268 g/mol. The van der Waals surface area contributed by atoms with Crippen molar-refractivity contribution >= 4 is 56.6 Å². The normalized spacial score (nSPS) is 9.71. The van der Waals surface area contributed by atoms with Crippen LogP contribution in [-0.2, 0) is 0 Å². The van der Waals surface area contributed by atoms with E-state index in [1.165, 1.54) is 0 Å². The second-order valence-corrected chi connectivity index (χ2v) is 6.48. The van der Waals surface area contributed by atoms with Crippen LogP contribution < -0.4 is 0 Å². The van der Waals surface area contributed by atoms with Crippen LogP contribution in [0.2, 0.25) is 0 Å². The molecular formula is C8H16N2S4. The molecule has 0 fully saturated rings. The monoisotopic (exact) mass is 268 g/mol. The molecular weight excluding hydrogens is 252 g/mol. The maximum absolute atomic E-state index is 5.14. The molecule has 0 bridgehead atoms. The topological polar surface area (TPSA) is 6.48 Å². The number of rotatable bonds is 3. The molecule has 0 aromatic rings. The summed E-state index contributed by atoms with van der Waals surface area (Å²) in [5, 5.41) is 0. The molecule has 0 aliphatic carbocycles. The van der Waals surface area contributed by atoms with Gasteiger partial charge in [0.2, 0.25) is 0 Å². The van der Waals surface area contributed by atoms with E-state index in [9.17, 15) is 0 Å². The summed E-state index contributed by atoms with van der Waals surface area (Å²) in [6, 6.07) is 0. The van der Waals surface area contributed by atoms with Crippen molar-refractivity contribution in [2.45, 2.75) is 0 Å². The van der Waals surface area contributed by atoms with Crippen molar-refractivity contribution in [3.05, 3.63) is 0 Å². The summed E-state index contributed by atoms with van der Waals surface area (Å²) in [6.45, 7) is 0. The zero-order valence-electron chi connectivity index (χ0n) is 8.94. The molecule has 2 nitrogen and oxygen atoms in total. The Morgan fingerprint density at radius 2 is 1.14 bits per heavy atom. The minimum Gasteiger partial charge on any atom is -0.364 e. The van der Waals surface area contributed by atoms with Gasteiger partial charge in [0.1, 0.15) is 8.64 Å². The SMILES string of the molecule is CN(C)C(=S)SCCSC(=S)N(C)C. The standard InChI is InChI=1S/C8H16N2S4/c1-9(2)7(11)13-5-6-14-8(12)10(3)4/h5-6H2,1-4H3. The largest absolute Gasteiger partial charge is 0.364 e. The van der Waals surface area contributed by atoms with Gasteiger partial charge in [-0.2, -0.15) is 0 Å². The molecule has 0 aliphatic heterocycles. The highest BCUT2D eigenvalue weighted by molar-refractivity contribution is 8.25. The molecule has 0 N–H and O–H groups in total. The van der Waals surface area contributed by atoms with Gasteiger partial charge in [0.25, 0.3) is 0 Å². The van der Waals surface area contributed by atoms with Crippen LogP contribution >= 0.6 is 48.0 Å². The lowest BCUT2D eigenvalue weighted by Crippen LogP contribution is -2.18. The minimum absolute atomic E-state index is 0.932. The maximum atomic E-state index is 5.14. The quantitative estimate of drug-likeness (QED) is 0.567. The van der Waals surface area contributed by atoms with Crippen LogP contribution in [0.3, 0.4) is 0 Å². The van der Waals surface area contributed by atoms with E-state index in [1.807, 2.05) is 38.0 Å². The average Bonchev–Trinajstić information content (AvgIpc) is 2.11. The second kappa shape index (κ2) is 7.73. The molecule has 0 amide bonds. The molecule has 0 radical (unpaired) electrons. The van der Waals surface area contributed by atoms with Crippen molar-refractivity contribution in [3.63, 3.8) is 0 Å². The van der Waals surface area contributed by atoms with Gasteiger partial charge in [-0.1, -0.05) is 48.0 Å². The first kappa shape index (κ1) is 14.5. The van der Waals surface area contributed by atoms with Gasteiger partial charge in [-0.05, 0) is 0 Å². The number of thioether (sulfide) groups is 2. The number of hydrogen-bond donors (Lipinski definition) is 0. The fourth-order valence-corrected chi connectivity index (χ4v) is 2.55. The lowest BCUT2D eigenvalue weighted by atomic mass is 10.9. The summed E-state index contributed by atoms with van der Waals surface area (Å²) in [7, 11) is 7.86. The Kier molecular flexibility index (Phi) is 8.00. The summed E-state index contributed by atoms with van der Waals surface area (Å²) in [6.07, 6.45) is 0. The molecule has 6 heteroatoms. The first-order valence-corrected chi connectivity index (χ1v) is 6.92. The van der Waals surface area contributed by atoms with Crippen LogP contribution in [0.1, 0.15) is 0 Å². The second-order valence-electron chi connectivity index (χ2n) is 3.02. The highest BCUT2D eigenvalue weighted by Gasteiger charge is 2.02. The maximum Gasteiger partial charge on any atom is 0.135 e. The molecule has 14 heavy (non-hydrogen) atoms. The highest BCUT2D eigenvalue weighted by atomic mass is 32.2. The van der Waals surface area contributed by atoms with Crippen LogP contribution in [0.5, 0.6) is 0 Å². The van der Waals surface area contributed by atoms with Gasteiger partial charge in [0, 0.05) is 39.7 Å². The molecule has 0 unspecified atom stereocenters. The van der Waals surface area contributed by atoms with Gasteiger partial charge in [-0.3, -0.25) is 0 Å². The summed E-state index contributed by atoms with van der Waals surface area (Å²) in [5.74, 6) is 2.02. The lowest BCUT2D eigenvalue weighted by Gasteiger charge is -2.14. The van der Waals surface area contributed by atoms with Crippen LogP contribution in [0.4, 0.5) is 0 Å². The molecule has 0 aromatic carbocycles. The third kappa shape index (κ3) is 6.86. The minimum atomic E-state index is 0.932. The van der Waals surface area contributed by atoms with E-state index >= 15 is 0 Å². The molecule has 0 rings (SSSR count). The lowest BCUT2D eigenvalue weighted by molar-refractivity contribution is 0.647. The third-order valence-electron chi connectivity index (χ3n) is 1.26. The predicted molar refractivity (Wildman–Crippen MR) is 77.5 cm³/mol. The van der Waals surface area contributed by atoms with Gasteiger partial charge in [0.15, 0.2) is 0 Å². The Hall–Kier alpha value is 0.480. The van der Waals surface area contributed by atoms with Gasteiger partial charge in [-0.15, -0.1) is 0 Å². The zero-order valence-corrected chi connectivity index (χ0v) is 12.2. The van der Waals surface area contributed by atoms with Gasteiger partial charge in [0.05, 0.1) is 0 Å². The predicted octanol–water partition coefficient (Wildman–Crippen LogP) is 2.15. The highest BCUT2D eigenvalue weighted by Crippen LogP contribution is 2.12. The Bertz CT molecular complexity index is 182.